The van der Waals surface area contributed by atoms with Crippen LogP contribution in [0.4, 0.5) is 0 Å². The largest absolute Gasteiger partial charge is 0.493 e. The first-order chi connectivity index (χ1) is 11.7. The van der Waals surface area contributed by atoms with E-state index in [2.05, 4.69) is 6.92 Å². The Balaban J connectivity index is 2.06. The van der Waals surface area contributed by atoms with E-state index >= 15 is 0 Å². The van der Waals surface area contributed by atoms with Crippen LogP contribution in [0, 0.1) is 0 Å². The van der Waals surface area contributed by atoms with Gasteiger partial charge in [0.2, 0.25) is 0 Å². The van der Waals surface area contributed by atoms with Crippen LogP contribution in [0.5, 0.6) is 5.75 Å². The number of nitrogens with zero attached hydrogens (tertiary/aromatic N) is 1. The third-order valence-electron chi connectivity index (χ3n) is 4.44. The number of imide groups is 1. The summed E-state index contributed by atoms with van der Waals surface area (Å²) < 4.78 is 5.86. The maximum absolute atomic E-state index is 12.8. The zero-order valence-electron chi connectivity index (χ0n) is 14.3. The van der Waals surface area contributed by atoms with E-state index in [0.29, 0.717) is 24.3 Å². The number of amides is 2. The number of ether oxygens (including phenoxy) is 1. The summed E-state index contributed by atoms with van der Waals surface area (Å²) in [5.41, 5.74) is 1.19. The Labute approximate surface area is 142 Å². The molecule has 1 aliphatic rings. The predicted molar refractivity (Wildman–Crippen MR) is 94.6 cm³/mol. The summed E-state index contributed by atoms with van der Waals surface area (Å²) in [7, 11) is 0. The predicted octanol–water partition coefficient (Wildman–Crippen LogP) is 4.41. The molecule has 0 aliphatic carbocycles. The van der Waals surface area contributed by atoms with Crippen LogP contribution in [-0.2, 0) is 0 Å². The Bertz CT molecular complexity index is 760. The number of hydrogen-bond donors (Lipinski definition) is 0. The quantitative estimate of drug-likeness (QED) is 0.559. The van der Waals surface area contributed by atoms with E-state index in [4.69, 9.17) is 4.74 Å². The summed E-state index contributed by atoms with van der Waals surface area (Å²) in [5, 5.41) is 1.58. The SMILES string of the molecule is CCCCOc1ccc2c3c(cccc13)C(=O)N(CCCC)C2=O. The average molecular weight is 325 g/mol. The highest BCUT2D eigenvalue weighted by atomic mass is 16.5. The molecule has 0 radical (unpaired) electrons. The van der Waals surface area contributed by atoms with Crippen LogP contribution in [0.15, 0.2) is 30.3 Å². The van der Waals surface area contributed by atoms with E-state index in [0.717, 1.165) is 42.2 Å². The standard InChI is InChI=1S/C20H23NO3/c1-3-5-12-21-19(22)15-9-7-8-14-17(24-13-6-4-2)11-10-16(18(14)15)20(21)23/h7-11H,3-6,12-13H2,1-2H3. The maximum Gasteiger partial charge on any atom is 0.261 e. The van der Waals surface area contributed by atoms with E-state index in [1.807, 2.05) is 25.1 Å². The number of carbonyl (C=O) groups excluding carboxylic acids is 2. The molecule has 126 valence electrons. The molecule has 1 heterocycles. The third kappa shape index (κ3) is 2.77. The summed E-state index contributed by atoms with van der Waals surface area (Å²) in [6.45, 7) is 5.27. The Hall–Kier alpha value is -2.36. The number of hydrogen-bond acceptors (Lipinski definition) is 3. The normalized spacial score (nSPS) is 13.7. The van der Waals surface area contributed by atoms with Crippen LogP contribution in [0.1, 0.15) is 60.2 Å². The van der Waals surface area contributed by atoms with E-state index in [1.54, 1.807) is 12.1 Å². The molecule has 0 aromatic heterocycles. The van der Waals surface area contributed by atoms with Crippen molar-refractivity contribution in [2.75, 3.05) is 13.2 Å². The Morgan fingerprint density at radius 2 is 1.62 bits per heavy atom. The molecule has 2 aromatic carbocycles. The molecule has 0 unspecified atom stereocenters. The summed E-state index contributed by atoms with van der Waals surface area (Å²) in [6, 6.07) is 9.23. The lowest BCUT2D eigenvalue weighted by atomic mass is 9.93. The third-order valence-corrected chi connectivity index (χ3v) is 4.44. The molecular formula is C20H23NO3. The lowest BCUT2D eigenvalue weighted by Gasteiger charge is -2.27. The molecule has 1 aliphatic heterocycles. The molecule has 4 heteroatoms. The van der Waals surface area contributed by atoms with Gasteiger partial charge in [-0.15, -0.1) is 0 Å². The van der Waals surface area contributed by atoms with Crippen LogP contribution in [0.3, 0.4) is 0 Å². The van der Waals surface area contributed by atoms with Crippen molar-refractivity contribution in [1.29, 1.82) is 0 Å². The monoisotopic (exact) mass is 325 g/mol. The zero-order valence-corrected chi connectivity index (χ0v) is 14.3. The van der Waals surface area contributed by atoms with E-state index < -0.39 is 0 Å². The molecule has 0 spiro atoms. The van der Waals surface area contributed by atoms with Gasteiger partial charge in [-0.25, -0.2) is 0 Å². The zero-order chi connectivity index (χ0) is 17.1. The fourth-order valence-corrected chi connectivity index (χ4v) is 3.09. The second kappa shape index (κ2) is 7.04. The maximum atomic E-state index is 12.8. The number of unbranched alkanes of at least 4 members (excludes halogenated alkanes) is 2. The van der Waals surface area contributed by atoms with Gasteiger partial charge < -0.3 is 4.74 Å². The lowest BCUT2D eigenvalue weighted by molar-refractivity contribution is 0.0608. The van der Waals surface area contributed by atoms with Gasteiger partial charge in [-0.05, 0) is 31.0 Å². The minimum Gasteiger partial charge on any atom is -0.493 e. The van der Waals surface area contributed by atoms with Crippen molar-refractivity contribution < 1.29 is 14.3 Å². The van der Waals surface area contributed by atoms with Crippen LogP contribution < -0.4 is 4.74 Å². The first kappa shape index (κ1) is 16.5. The highest BCUT2D eigenvalue weighted by Gasteiger charge is 2.32. The molecule has 3 rings (SSSR count). The van der Waals surface area contributed by atoms with Crippen molar-refractivity contribution >= 4 is 22.6 Å². The minimum absolute atomic E-state index is 0.197. The second-order valence-electron chi connectivity index (χ2n) is 6.16. The van der Waals surface area contributed by atoms with Gasteiger partial charge in [0, 0.05) is 28.4 Å². The van der Waals surface area contributed by atoms with Crippen molar-refractivity contribution in [1.82, 2.24) is 4.90 Å². The topological polar surface area (TPSA) is 46.6 Å². The smallest absolute Gasteiger partial charge is 0.261 e. The van der Waals surface area contributed by atoms with Crippen LogP contribution in [0.2, 0.25) is 0 Å². The highest BCUT2D eigenvalue weighted by Crippen LogP contribution is 2.35. The number of carbonyl (C=O) groups is 2. The molecule has 2 amide bonds. The van der Waals surface area contributed by atoms with Gasteiger partial charge in [-0.2, -0.15) is 0 Å². The Kier molecular flexibility index (Phi) is 4.84. The fraction of sp³-hybridized carbons (Fsp3) is 0.400. The molecule has 0 N–H and O–H groups in total. The van der Waals surface area contributed by atoms with Crippen molar-refractivity contribution in [3.8, 4) is 5.75 Å². The van der Waals surface area contributed by atoms with Gasteiger partial charge in [0.15, 0.2) is 0 Å². The first-order valence-electron chi connectivity index (χ1n) is 8.73. The van der Waals surface area contributed by atoms with Gasteiger partial charge in [0.1, 0.15) is 5.75 Å². The van der Waals surface area contributed by atoms with Crippen molar-refractivity contribution in [3.63, 3.8) is 0 Å². The first-order valence-corrected chi connectivity index (χ1v) is 8.73. The Morgan fingerprint density at radius 1 is 0.917 bits per heavy atom. The molecule has 2 aromatic rings. The second-order valence-corrected chi connectivity index (χ2v) is 6.16. The Morgan fingerprint density at radius 3 is 2.33 bits per heavy atom. The molecule has 4 nitrogen and oxygen atoms in total. The number of benzene rings is 2. The molecule has 0 bridgehead atoms. The lowest BCUT2D eigenvalue weighted by Crippen LogP contribution is -2.40. The molecule has 24 heavy (non-hydrogen) atoms. The van der Waals surface area contributed by atoms with Crippen LogP contribution in [0.25, 0.3) is 10.8 Å². The highest BCUT2D eigenvalue weighted by molar-refractivity contribution is 6.26. The molecule has 0 saturated carbocycles. The van der Waals surface area contributed by atoms with E-state index in [9.17, 15) is 9.59 Å². The summed E-state index contributed by atoms with van der Waals surface area (Å²) in [4.78, 5) is 26.9. The number of rotatable bonds is 7. The van der Waals surface area contributed by atoms with Crippen molar-refractivity contribution in [2.24, 2.45) is 0 Å². The summed E-state index contributed by atoms with van der Waals surface area (Å²) >= 11 is 0. The molecule has 0 saturated heterocycles. The minimum atomic E-state index is -0.197. The van der Waals surface area contributed by atoms with Crippen LogP contribution >= 0.6 is 0 Å². The van der Waals surface area contributed by atoms with Crippen LogP contribution in [-0.4, -0.2) is 29.9 Å². The van der Waals surface area contributed by atoms with E-state index in [1.165, 1.54) is 4.90 Å². The molecular weight excluding hydrogens is 302 g/mol. The fourth-order valence-electron chi connectivity index (χ4n) is 3.09. The van der Waals surface area contributed by atoms with Gasteiger partial charge >= 0.3 is 0 Å². The molecule has 0 atom stereocenters. The van der Waals surface area contributed by atoms with Crippen molar-refractivity contribution in [2.45, 2.75) is 39.5 Å². The summed E-state index contributed by atoms with van der Waals surface area (Å²) in [5.74, 6) is 0.348. The van der Waals surface area contributed by atoms with E-state index in [-0.39, 0.29) is 11.8 Å². The van der Waals surface area contributed by atoms with Gasteiger partial charge in [-0.3, -0.25) is 14.5 Å². The van der Waals surface area contributed by atoms with Gasteiger partial charge in [-0.1, -0.05) is 38.8 Å². The van der Waals surface area contributed by atoms with Crippen molar-refractivity contribution in [3.05, 3.63) is 41.5 Å². The average Bonchev–Trinajstić information content (AvgIpc) is 2.60. The van der Waals surface area contributed by atoms with Gasteiger partial charge in [0.25, 0.3) is 11.8 Å². The summed E-state index contributed by atoms with van der Waals surface area (Å²) in [6.07, 6.45) is 3.80. The van der Waals surface area contributed by atoms with Gasteiger partial charge in [0.05, 0.1) is 6.61 Å². The molecule has 0 fully saturated rings.